The number of sulfonamides is 1. The second-order valence-electron chi connectivity index (χ2n) is 7.23. The molecular weight excluding hydrogens is 420 g/mol. The summed E-state index contributed by atoms with van der Waals surface area (Å²) < 4.78 is 36.4. The SMILES string of the molecule is CCOC(=O)c1ccc(C)c(NC(=O)CN(c2cccc(OC(C)C)c2)S(C)(=O)=O)c1. The Morgan fingerprint density at radius 2 is 1.84 bits per heavy atom. The van der Waals surface area contributed by atoms with Gasteiger partial charge in [-0.3, -0.25) is 9.10 Å². The van der Waals surface area contributed by atoms with E-state index < -0.39 is 28.4 Å². The summed E-state index contributed by atoms with van der Waals surface area (Å²) in [4.78, 5) is 24.7. The van der Waals surface area contributed by atoms with Crippen molar-refractivity contribution in [2.45, 2.75) is 33.8 Å². The highest BCUT2D eigenvalue weighted by atomic mass is 32.2. The molecule has 0 aliphatic carbocycles. The molecule has 0 aliphatic rings. The number of amides is 1. The van der Waals surface area contributed by atoms with Gasteiger partial charge in [0, 0.05) is 11.8 Å². The van der Waals surface area contributed by atoms with Crippen molar-refractivity contribution in [3.63, 3.8) is 0 Å². The number of hydrogen-bond donors (Lipinski definition) is 1. The third-order valence-corrected chi connectivity index (χ3v) is 5.33. The van der Waals surface area contributed by atoms with Gasteiger partial charge in [-0.1, -0.05) is 12.1 Å². The van der Waals surface area contributed by atoms with Crippen molar-refractivity contribution in [1.82, 2.24) is 0 Å². The Labute approximate surface area is 183 Å². The van der Waals surface area contributed by atoms with Gasteiger partial charge in [0.15, 0.2) is 0 Å². The summed E-state index contributed by atoms with van der Waals surface area (Å²) in [7, 11) is -3.75. The number of anilines is 2. The lowest BCUT2D eigenvalue weighted by atomic mass is 10.1. The van der Waals surface area contributed by atoms with Crippen molar-refractivity contribution in [3.8, 4) is 5.75 Å². The molecule has 0 bridgehead atoms. The zero-order chi connectivity index (χ0) is 23.2. The van der Waals surface area contributed by atoms with Crippen LogP contribution in [0.2, 0.25) is 0 Å². The van der Waals surface area contributed by atoms with Crippen LogP contribution in [0.15, 0.2) is 42.5 Å². The van der Waals surface area contributed by atoms with Gasteiger partial charge in [-0.15, -0.1) is 0 Å². The molecule has 9 heteroatoms. The zero-order valence-electron chi connectivity index (χ0n) is 18.3. The van der Waals surface area contributed by atoms with Crippen LogP contribution < -0.4 is 14.4 Å². The summed E-state index contributed by atoms with van der Waals surface area (Å²) in [5, 5.41) is 2.68. The zero-order valence-corrected chi connectivity index (χ0v) is 19.2. The number of nitrogens with zero attached hydrogens (tertiary/aromatic N) is 1. The van der Waals surface area contributed by atoms with Crippen LogP contribution in [-0.4, -0.2) is 45.8 Å². The monoisotopic (exact) mass is 448 g/mol. The van der Waals surface area contributed by atoms with Crippen molar-refractivity contribution in [2.24, 2.45) is 0 Å². The van der Waals surface area contributed by atoms with E-state index in [2.05, 4.69) is 5.32 Å². The summed E-state index contributed by atoms with van der Waals surface area (Å²) in [6.45, 7) is 6.99. The number of aryl methyl sites for hydroxylation is 1. The number of esters is 1. The minimum absolute atomic E-state index is 0.0834. The molecule has 0 aromatic heterocycles. The highest BCUT2D eigenvalue weighted by Crippen LogP contribution is 2.24. The Balaban J connectivity index is 2.25. The Bertz CT molecular complexity index is 1050. The minimum Gasteiger partial charge on any atom is -0.491 e. The van der Waals surface area contributed by atoms with Gasteiger partial charge in [0.05, 0.1) is 30.2 Å². The van der Waals surface area contributed by atoms with E-state index in [-0.39, 0.29) is 12.7 Å². The number of rotatable bonds is 9. The molecule has 0 radical (unpaired) electrons. The molecule has 1 N–H and O–H groups in total. The highest BCUT2D eigenvalue weighted by Gasteiger charge is 2.22. The molecule has 0 atom stereocenters. The molecule has 31 heavy (non-hydrogen) atoms. The molecule has 2 aromatic carbocycles. The van der Waals surface area contributed by atoms with Crippen molar-refractivity contribution < 1.29 is 27.5 Å². The Morgan fingerprint density at radius 3 is 2.45 bits per heavy atom. The quantitative estimate of drug-likeness (QED) is 0.590. The molecule has 0 aliphatic heterocycles. The summed E-state index contributed by atoms with van der Waals surface area (Å²) in [6, 6.07) is 11.3. The third-order valence-electron chi connectivity index (χ3n) is 4.19. The molecule has 2 aromatic rings. The van der Waals surface area contributed by atoms with Gasteiger partial charge in [-0.2, -0.15) is 0 Å². The van der Waals surface area contributed by atoms with E-state index in [1.807, 2.05) is 13.8 Å². The molecular formula is C22H28N2O6S. The average molecular weight is 449 g/mol. The van der Waals surface area contributed by atoms with Crippen molar-refractivity contribution >= 4 is 33.3 Å². The molecule has 8 nitrogen and oxygen atoms in total. The fourth-order valence-corrected chi connectivity index (χ4v) is 3.65. The van der Waals surface area contributed by atoms with Gasteiger partial charge in [0.25, 0.3) is 0 Å². The second kappa shape index (κ2) is 10.3. The predicted molar refractivity (Wildman–Crippen MR) is 120 cm³/mol. The van der Waals surface area contributed by atoms with Gasteiger partial charge in [0.1, 0.15) is 12.3 Å². The standard InChI is InChI=1S/C22H28N2O6S/c1-6-29-22(26)17-11-10-16(4)20(12-17)23-21(25)14-24(31(5,27)28)18-8-7-9-19(13-18)30-15(2)3/h7-13,15H,6,14H2,1-5H3,(H,23,25). The predicted octanol–water partition coefficient (Wildman–Crippen LogP) is 3.36. The van der Waals surface area contributed by atoms with Crippen molar-refractivity contribution in [1.29, 1.82) is 0 Å². The van der Waals surface area contributed by atoms with E-state index in [1.165, 1.54) is 6.07 Å². The molecule has 0 fully saturated rings. The first-order valence-corrected chi connectivity index (χ1v) is 11.7. The molecule has 0 saturated carbocycles. The fraction of sp³-hybridized carbons (Fsp3) is 0.364. The van der Waals surface area contributed by atoms with E-state index in [0.29, 0.717) is 22.7 Å². The summed E-state index contributed by atoms with van der Waals surface area (Å²) in [5.74, 6) is -0.554. The van der Waals surface area contributed by atoms with E-state index in [0.717, 1.165) is 16.1 Å². The molecule has 0 saturated heterocycles. The van der Waals surface area contributed by atoms with E-state index in [9.17, 15) is 18.0 Å². The maximum atomic E-state index is 12.7. The molecule has 0 heterocycles. The lowest BCUT2D eigenvalue weighted by Crippen LogP contribution is -2.37. The van der Waals surface area contributed by atoms with Crippen LogP contribution in [0.5, 0.6) is 5.75 Å². The minimum atomic E-state index is -3.75. The van der Waals surface area contributed by atoms with Crippen LogP contribution in [-0.2, 0) is 19.6 Å². The van der Waals surface area contributed by atoms with Crippen LogP contribution in [0.25, 0.3) is 0 Å². The third kappa shape index (κ3) is 6.99. The van der Waals surface area contributed by atoms with E-state index in [4.69, 9.17) is 9.47 Å². The largest absolute Gasteiger partial charge is 0.491 e. The number of carbonyl (C=O) groups excluding carboxylic acids is 2. The van der Waals surface area contributed by atoms with Crippen molar-refractivity contribution in [3.05, 3.63) is 53.6 Å². The molecule has 1 amide bonds. The van der Waals surface area contributed by atoms with E-state index in [1.54, 1.807) is 50.2 Å². The van der Waals surface area contributed by atoms with Crippen molar-refractivity contribution in [2.75, 3.05) is 29.0 Å². The molecule has 168 valence electrons. The van der Waals surface area contributed by atoms with Crippen LogP contribution >= 0.6 is 0 Å². The maximum Gasteiger partial charge on any atom is 0.338 e. The lowest BCUT2D eigenvalue weighted by Gasteiger charge is -2.23. The number of nitrogens with one attached hydrogen (secondary N) is 1. The first-order valence-electron chi connectivity index (χ1n) is 9.83. The van der Waals surface area contributed by atoms with Crippen LogP contribution in [0, 0.1) is 6.92 Å². The number of benzene rings is 2. The van der Waals surface area contributed by atoms with Gasteiger partial charge >= 0.3 is 5.97 Å². The fourth-order valence-electron chi connectivity index (χ4n) is 2.80. The Kier molecular flexibility index (Phi) is 8.04. The number of hydrogen-bond acceptors (Lipinski definition) is 6. The Hall–Kier alpha value is -3.07. The van der Waals surface area contributed by atoms with Gasteiger partial charge in [-0.25, -0.2) is 13.2 Å². The topological polar surface area (TPSA) is 102 Å². The first-order chi connectivity index (χ1) is 14.5. The maximum absolute atomic E-state index is 12.7. The number of ether oxygens (including phenoxy) is 2. The summed E-state index contributed by atoms with van der Waals surface area (Å²) in [5.41, 5.74) is 1.73. The summed E-state index contributed by atoms with van der Waals surface area (Å²) in [6.07, 6.45) is 0.947. The molecule has 0 spiro atoms. The van der Waals surface area contributed by atoms with Crippen LogP contribution in [0.3, 0.4) is 0 Å². The normalized spacial score (nSPS) is 11.2. The van der Waals surface area contributed by atoms with Gasteiger partial charge in [-0.05, 0) is 57.5 Å². The average Bonchev–Trinajstić information content (AvgIpc) is 2.67. The van der Waals surface area contributed by atoms with Gasteiger partial charge in [0.2, 0.25) is 15.9 Å². The number of carbonyl (C=O) groups is 2. The van der Waals surface area contributed by atoms with Crippen LogP contribution in [0.1, 0.15) is 36.7 Å². The smallest absolute Gasteiger partial charge is 0.338 e. The molecule has 2 rings (SSSR count). The summed E-state index contributed by atoms with van der Waals surface area (Å²) >= 11 is 0. The highest BCUT2D eigenvalue weighted by molar-refractivity contribution is 7.92. The Morgan fingerprint density at radius 1 is 1.13 bits per heavy atom. The second-order valence-corrected chi connectivity index (χ2v) is 9.14. The first kappa shape index (κ1) is 24.2. The van der Waals surface area contributed by atoms with Crippen LogP contribution in [0.4, 0.5) is 11.4 Å². The lowest BCUT2D eigenvalue weighted by molar-refractivity contribution is -0.114. The molecule has 0 unspecified atom stereocenters. The van der Waals surface area contributed by atoms with E-state index >= 15 is 0 Å². The van der Waals surface area contributed by atoms with Gasteiger partial charge < -0.3 is 14.8 Å².